The van der Waals surface area contributed by atoms with Gasteiger partial charge in [0.2, 0.25) is 0 Å². The molecule has 0 radical (unpaired) electrons. The fourth-order valence-corrected chi connectivity index (χ4v) is 1.48. The molecule has 2 N–H and O–H groups in total. The number of hydrogen-bond acceptors (Lipinski definition) is 3. The van der Waals surface area contributed by atoms with Crippen molar-refractivity contribution in [2.45, 2.75) is 45.6 Å². The van der Waals surface area contributed by atoms with Crippen molar-refractivity contribution in [1.82, 2.24) is 10.6 Å². The Morgan fingerprint density at radius 3 is 2.50 bits per heavy atom. The normalized spacial score (nSPS) is 16.7. The summed E-state index contributed by atoms with van der Waals surface area (Å²) in [5.74, 6) is 0.893. The molecule has 0 heterocycles. The third-order valence-electron chi connectivity index (χ3n) is 2.65. The monoisotopic (exact) mass is 228 g/mol. The maximum atomic E-state index is 5.56. The number of ether oxygens (including phenoxy) is 1. The van der Waals surface area contributed by atoms with E-state index in [4.69, 9.17) is 4.74 Å². The minimum absolute atomic E-state index is 0.231. The van der Waals surface area contributed by atoms with E-state index < -0.39 is 0 Å². The van der Waals surface area contributed by atoms with Crippen LogP contribution in [0.3, 0.4) is 0 Å². The van der Waals surface area contributed by atoms with Crippen molar-refractivity contribution in [3.8, 4) is 0 Å². The molecule has 0 spiro atoms. The van der Waals surface area contributed by atoms with Crippen LogP contribution in [-0.4, -0.2) is 38.4 Å². The van der Waals surface area contributed by atoms with E-state index in [2.05, 4.69) is 31.4 Å². The van der Waals surface area contributed by atoms with Gasteiger partial charge in [-0.15, -0.1) is 0 Å². The van der Waals surface area contributed by atoms with Crippen molar-refractivity contribution in [1.29, 1.82) is 0 Å². The molecule has 0 bridgehead atoms. The van der Waals surface area contributed by atoms with Gasteiger partial charge in [0.15, 0.2) is 0 Å². The average molecular weight is 228 g/mol. The second-order valence-corrected chi connectivity index (χ2v) is 5.80. The predicted octanol–water partition coefficient (Wildman–Crippen LogP) is 1.78. The van der Waals surface area contributed by atoms with Crippen molar-refractivity contribution in [3.05, 3.63) is 0 Å². The SMILES string of the molecule is CC(C)(C)NCCNCCCOCC1CC1. The van der Waals surface area contributed by atoms with Crippen LogP contribution < -0.4 is 10.6 Å². The zero-order valence-electron chi connectivity index (χ0n) is 11.1. The Balaban J connectivity index is 1.70. The van der Waals surface area contributed by atoms with E-state index >= 15 is 0 Å². The first-order valence-corrected chi connectivity index (χ1v) is 6.61. The molecule has 0 aromatic carbocycles. The summed E-state index contributed by atoms with van der Waals surface area (Å²) in [6, 6.07) is 0. The molecule has 16 heavy (non-hydrogen) atoms. The predicted molar refractivity (Wildman–Crippen MR) is 68.8 cm³/mol. The molecule has 0 unspecified atom stereocenters. The Morgan fingerprint density at radius 1 is 1.12 bits per heavy atom. The maximum absolute atomic E-state index is 5.56. The first kappa shape index (κ1) is 13.9. The molecular weight excluding hydrogens is 200 g/mol. The minimum Gasteiger partial charge on any atom is -0.381 e. The highest BCUT2D eigenvalue weighted by atomic mass is 16.5. The minimum atomic E-state index is 0.231. The number of hydrogen-bond donors (Lipinski definition) is 2. The molecule has 1 aliphatic carbocycles. The molecule has 0 aromatic heterocycles. The Labute approximate surface area is 100 Å². The van der Waals surface area contributed by atoms with Crippen molar-refractivity contribution in [2.24, 2.45) is 5.92 Å². The molecule has 0 aliphatic heterocycles. The van der Waals surface area contributed by atoms with Gasteiger partial charge in [0.25, 0.3) is 0 Å². The summed E-state index contributed by atoms with van der Waals surface area (Å²) in [7, 11) is 0. The van der Waals surface area contributed by atoms with Crippen LogP contribution in [0.5, 0.6) is 0 Å². The molecule has 1 saturated carbocycles. The van der Waals surface area contributed by atoms with Crippen LogP contribution in [-0.2, 0) is 4.74 Å². The van der Waals surface area contributed by atoms with Gasteiger partial charge in [0, 0.05) is 31.8 Å². The van der Waals surface area contributed by atoms with Gasteiger partial charge in [-0.3, -0.25) is 0 Å². The van der Waals surface area contributed by atoms with Crippen molar-refractivity contribution >= 4 is 0 Å². The highest BCUT2D eigenvalue weighted by Crippen LogP contribution is 2.28. The van der Waals surface area contributed by atoms with Gasteiger partial charge in [-0.2, -0.15) is 0 Å². The molecule has 1 rings (SSSR count). The van der Waals surface area contributed by atoms with Gasteiger partial charge in [0.05, 0.1) is 0 Å². The van der Waals surface area contributed by atoms with E-state index in [-0.39, 0.29) is 5.54 Å². The Morgan fingerprint density at radius 2 is 1.88 bits per heavy atom. The summed E-state index contributed by atoms with van der Waals surface area (Å²) in [6.45, 7) is 11.6. The number of rotatable bonds is 9. The van der Waals surface area contributed by atoms with Gasteiger partial charge in [-0.05, 0) is 52.5 Å². The van der Waals surface area contributed by atoms with E-state index in [1.807, 2.05) is 0 Å². The van der Waals surface area contributed by atoms with Crippen LogP contribution in [0.15, 0.2) is 0 Å². The van der Waals surface area contributed by atoms with E-state index in [1.54, 1.807) is 0 Å². The summed E-state index contributed by atoms with van der Waals surface area (Å²) < 4.78 is 5.56. The highest BCUT2D eigenvalue weighted by molar-refractivity contribution is 4.72. The summed E-state index contributed by atoms with van der Waals surface area (Å²) >= 11 is 0. The van der Waals surface area contributed by atoms with E-state index in [1.165, 1.54) is 12.8 Å². The smallest absolute Gasteiger partial charge is 0.0494 e. The van der Waals surface area contributed by atoms with Crippen LogP contribution in [0.4, 0.5) is 0 Å². The summed E-state index contributed by atoms with van der Waals surface area (Å²) in [6.07, 6.45) is 3.90. The lowest BCUT2D eigenvalue weighted by molar-refractivity contribution is 0.122. The van der Waals surface area contributed by atoms with Crippen molar-refractivity contribution in [3.63, 3.8) is 0 Å². The van der Waals surface area contributed by atoms with Crippen LogP contribution in [0.25, 0.3) is 0 Å². The third-order valence-corrected chi connectivity index (χ3v) is 2.65. The molecule has 0 atom stereocenters. The van der Waals surface area contributed by atoms with Gasteiger partial charge in [-0.1, -0.05) is 0 Å². The molecule has 3 nitrogen and oxygen atoms in total. The quantitative estimate of drug-likeness (QED) is 0.590. The lowest BCUT2D eigenvalue weighted by atomic mass is 10.1. The van der Waals surface area contributed by atoms with Crippen LogP contribution in [0, 0.1) is 5.92 Å². The summed E-state index contributed by atoms with van der Waals surface area (Å²) in [5, 5.41) is 6.87. The lowest BCUT2D eigenvalue weighted by Gasteiger charge is -2.20. The third kappa shape index (κ3) is 9.13. The van der Waals surface area contributed by atoms with Crippen LogP contribution in [0.1, 0.15) is 40.0 Å². The highest BCUT2D eigenvalue weighted by Gasteiger charge is 2.20. The van der Waals surface area contributed by atoms with Gasteiger partial charge >= 0.3 is 0 Å². The second-order valence-electron chi connectivity index (χ2n) is 5.80. The van der Waals surface area contributed by atoms with Crippen molar-refractivity contribution in [2.75, 3.05) is 32.8 Å². The van der Waals surface area contributed by atoms with Gasteiger partial charge in [0.1, 0.15) is 0 Å². The Bertz CT molecular complexity index is 173. The summed E-state index contributed by atoms with van der Waals surface area (Å²) in [5.41, 5.74) is 0.231. The number of nitrogens with one attached hydrogen (secondary N) is 2. The lowest BCUT2D eigenvalue weighted by Crippen LogP contribution is -2.40. The summed E-state index contributed by atoms with van der Waals surface area (Å²) in [4.78, 5) is 0. The molecular formula is C13H28N2O. The van der Waals surface area contributed by atoms with E-state index in [0.717, 1.165) is 45.2 Å². The Hall–Kier alpha value is -0.120. The molecule has 0 aromatic rings. The topological polar surface area (TPSA) is 33.3 Å². The van der Waals surface area contributed by atoms with E-state index in [9.17, 15) is 0 Å². The van der Waals surface area contributed by atoms with Gasteiger partial charge < -0.3 is 15.4 Å². The fraction of sp³-hybridized carbons (Fsp3) is 1.00. The standard InChI is InChI=1S/C13H28N2O/c1-13(2,3)15-9-8-14-7-4-10-16-11-12-5-6-12/h12,14-15H,4-11H2,1-3H3. The largest absolute Gasteiger partial charge is 0.381 e. The second kappa shape index (κ2) is 7.25. The zero-order valence-corrected chi connectivity index (χ0v) is 11.1. The molecule has 1 aliphatic rings. The van der Waals surface area contributed by atoms with Crippen molar-refractivity contribution < 1.29 is 4.74 Å². The first-order chi connectivity index (χ1) is 7.58. The van der Waals surface area contributed by atoms with Gasteiger partial charge in [-0.25, -0.2) is 0 Å². The average Bonchev–Trinajstić information content (AvgIpc) is 2.97. The maximum Gasteiger partial charge on any atom is 0.0494 e. The van der Waals surface area contributed by atoms with Crippen LogP contribution >= 0.6 is 0 Å². The molecule has 1 fully saturated rings. The fourth-order valence-electron chi connectivity index (χ4n) is 1.48. The van der Waals surface area contributed by atoms with Crippen LogP contribution in [0.2, 0.25) is 0 Å². The zero-order chi connectivity index (χ0) is 11.9. The molecule has 0 saturated heterocycles. The Kier molecular flexibility index (Phi) is 6.32. The molecule has 3 heteroatoms. The molecule has 0 amide bonds. The first-order valence-electron chi connectivity index (χ1n) is 6.61. The molecule has 96 valence electrons. The van der Waals surface area contributed by atoms with E-state index in [0.29, 0.717) is 0 Å².